The summed E-state index contributed by atoms with van der Waals surface area (Å²) in [6.45, 7) is 0.267. The first-order chi connectivity index (χ1) is 7.92. The number of alkyl halides is 3. The highest BCUT2D eigenvalue weighted by Gasteiger charge is 2.27. The average molecular weight is 253 g/mol. The third kappa shape index (κ3) is 5.14. The lowest BCUT2D eigenvalue weighted by molar-refractivity contribution is -0.177. The molecule has 8 heteroatoms. The molecule has 1 rings (SSSR count). The maximum absolute atomic E-state index is 11.8. The van der Waals surface area contributed by atoms with Crippen LogP contribution in [0.15, 0.2) is 4.52 Å². The van der Waals surface area contributed by atoms with Crippen molar-refractivity contribution in [3.63, 3.8) is 0 Å². The first-order valence-electron chi connectivity index (χ1n) is 5.15. The molecule has 0 amide bonds. The van der Waals surface area contributed by atoms with Gasteiger partial charge < -0.3 is 15.0 Å². The van der Waals surface area contributed by atoms with Gasteiger partial charge in [0, 0.05) is 0 Å². The molecule has 0 saturated carbocycles. The molecule has 5 nitrogen and oxygen atoms in total. The SMILES string of the molecule is CCC[C@@H](N)c1nc(COCC(F)(F)F)no1. The van der Waals surface area contributed by atoms with Crippen LogP contribution in [0.1, 0.15) is 37.5 Å². The monoisotopic (exact) mass is 253 g/mol. The number of hydrogen-bond donors (Lipinski definition) is 1. The maximum atomic E-state index is 11.8. The molecular weight excluding hydrogens is 239 g/mol. The number of ether oxygens (including phenoxy) is 1. The van der Waals surface area contributed by atoms with Crippen LogP contribution in [0.25, 0.3) is 0 Å². The molecule has 0 unspecified atom stereocenters. The zero-order chi connectivity index (χ0) is 12.9. The van der Waals surface area contributed by atoms with Gasteiger partial charge in [0.2, 0.25) is 5.89 Å². The van der Waals surface area contributed by atoms with Crippen molar-refractivity contribution in [1.29, 1.82) is 0 Å². The van der Waals surface area contributed by atoms with Crippen molar-refractivity contribution in [3.8, 4) is 0 Å². The van der Waals surface area contributed by atoms with E-state index in [2.05, 4.69) is 14.9 Å². The highest BCUT2D eigenvalue weighted by Crippen LogP contribution is 2.16. The van der Waals surface area contributed by atoms with Gasteiger partial charge in [-0.1, -0.05) is 18.5 Å². The number of halogens is 3. The van der Waals surface area contributed by atoms with Gasteiger partial charge in [-0.25, -0.2) is 0 Å². The molecule has 2 N–H and O–H groups in total. The Labute approximate surface area is 96.1 Å². The number of nitrogens with two attached hydrogens (primary N) is 1. The third-order valence-corrected chi connectivity index (χ3v) is 1.90. The molecule has 17 heavy (non-hydrogen) atoms. The third-order valence-electron chi connectivity index (χ3n) is 1.90. The summed E-state index contributed by atoms with van der Waals surface area (Å²) in [5, 5.41) is 3.48. The van der Waals surface area contributed by atoms with Crippen molar-refractivity contribution >= 4 is 0 Å². The molecule has 1 atom stereocenters. The fourth-order valence-corrected chi connectivity index (χ4v) is 1.17. The van der Waals surface area contributed by atoms with Crippen molar-refractivity contribution in [2.45, 2.75) is 38.6 Å². The summed E-state index contributed by atoms with van der Waals surface area (Å²) < 4.78 is 44.5. The number of hydrogen-bond acceptors (Lipinski definition) is 5. The Morgan fingerprint density at radius 2 is 2.18 bits per heavy atom. The second-order valence-electron chi connectivity index (χ2n) is 3.55. The molecule has 0 aliphatic rings. The quantitative estimate of drug-likeness (QED) is 0.838. The molecule has 98 valence electrons. The van der Waals surface area contributed by atoms with Crippen molar-refractivity contribution in [2.24, 2.45) is 5.73 Å². The molecule has 0 spiro atoms. The van der Waals surface area contributed by atoms with Gasteiger partial charge in [0.15, 0.2) is 5.82 Å². The summed E-state index contributed by atoms with van der Waals surface area (Å²) in [6, 6.07) is -0.385. The summed E-state index contributed by atoms with van der Waals surface area (Å²) in [6.07, 6.45) is -2.83. The topological polar surface area (TPSA) is 74.2 Å². The maximum Gasteiger partial charge on any atom is 0.411 e. The van der Waals surface area contributed by atoms with E-state index in [1.54, 1.807) is 0 Å². The average Bonchev–Trinajstić information content (AvgIpc) is 2.65. The smallest absolute Gasteiger partial charge is 0.364 e. The second-order valence-corrected chi connectivity index (χ2v) is 3.55. The first-order valence-corrected chi connectivity index (χ1v) is 5.15. The Hall–Kier alpha value is -1.15. The van der Waals surface area contributed by atoms with Crippen LogP contribution in [-0.4, -0.2) is 22.9 Å². The molecule has 0 bridgehead atoms. The fourth-order valence-electron chi connectivity index (χ4n) is 1.17. The van der Waals surface area contributed by atoms with E-state index in [-0.39, 0.29) is 24.4 Å². The van der Waals surface area contributed by atoms with Gasteiger partial charge in [-0.3, -0.25) is 0 Å². The van der Waals surface area contributed by atoms with Crippen molar-refractivity contribution in [2.75, 3.05) is 6.61 Å². The zero-order valence-corrected chi connectivity index (χ0v) is 9.33. The molecule has 1 aromatic heterocycles. The highest BCUT2D eigenvalue weighted by molar-refractivity contribution is 4.90. The van der Waals surface area contributed by atoms with E-state index in [0.29, 0.717) is 6.42 Å². The van der Waals surface area contributed by atoms with Crippen molar-refractivity contribution in [1.82, 2.24) is 10.1 Å². The Kier molecular flexibility index (Phi) is 4.88. The molecule has 0 saturated heterocycles. The molecular formula is C9H14F3N3O2. The Morgan fingerprint density at radius 3 is 2.76 bits per heavy atom. The van der Waals surface area contributed by atoms with Gasteiger partial charge in [-0.05, 0) is 6.42 Å². The van der Waals surface area contributed by atoms with E-state index < -0.39 is 12.8 Å². The van der Waals surface area contributed by atoms with Crippen LogP contribution < -0.4 is 5.73 Å². The predicted octanol–water partition coefficient (Wildman–Crippen LogP) is 1.95. The molecule has 0 fully saturated rings. The van der Waals surface area contributed by atoms with Crippen LogP contribution in [0.2, 0.25) is 0 Å². The normalized spacial score (nSPS) is 13.9. The largest absolute Gasteiger partial charge is 0.411 e. The summed E-state index contributed by atoms with van der Waals surface area (Å²) in [4.78, 5) is 3.85. The lowest BCUT2D eigenvalue weighted by Gasteiger charge is -2.05. The standard InChI is InChI=1S/C9H14F3N3O2/c1-2-3-6(13)8-14-7(15-17-8)4-16-5-9(10,11)12/h6H,2-5,13H2,1H3/t6-/m1/s1. The number of rotatable bonds is 6. The molecule has 1 heterocycles. The van der Waals surface area contributed by atoms with Gasteiger partial charge in [0.05, 0.1) is 6.04 Å². The van der Waals surface area contributed by atoms with Gasteiger partial charge in [0.1, 0.15) is 13.2 Å². The van der Waals surface area contributed by atoms with Crippen LogP contribution in [0.3, 0.4) is 0 Å². The Balaban J connectivity index is 2.40. The second kappa shape index (κ2) is 5.97. The molecule has 1 aromatic rings. The van der Waals surface area contributed by atoms with E-state index in [4.69, 9.17) is 10.3 Å². The Bertz CT molecular complexity index is 340. The van der Waals surface area contributed by atoms with Gasteiger partial charge in [-0.15, -0.1) is 0 Å². The molecule has 0 aliphatic carbocycles. The van der Waals surface area contributed by atoms with E-state index in [9.17, 15) is 13.2 Å². The van der Waals surface area contributed by atoms with Gasteiger partial charge in [0.25, 0.3) is 0 Å². The molecule has 0 aliphatic heterocycles. The summed E-state index contributed by atoms with van der Waals surface area (Å²) >= 11 is 0. The lowest BCUT2D eigenvalue weighted by atomic mass is 10.2. The molecule has 0 radical (unpaired) electrons. The van der Waals surface area contributed by atoms with Crippen molar-refractivity contribution in [3.05, 3.63) is 11.7 Å². The van der Waals surface area contributed by atoms with E-state index in [0.717, 1.165) is 6.42 Å². The minimum atomic E-state index is -4.36. The van der Waals surface area contributed by atoms with Gasteiger partial charge in [-0.2, -0.15) is 18.2 Å². The minimum Gasteiger partial charge on any atom is -0.364 e. The van der Waals surface area contributed by atoms with E-state index in [1.165, 1.54) is 0 Å². The summed E-state index contributed by atoms with van der Waals surface area (Å²) in [7, 11) is 0. The minimum absolute atomic E-state index is 0.0656. The Morgan fingerprint density at radius 1 is 1.47 bits per heavy atom. The first kappa shape index (κ1) is 13.9. The van der Waals surface area contributed by atoms with Crippen LogP contribution in [0, 0.1) is 0 Å². The van der Waals surface area contributed by atoms with Crippen LogP contribution >= 0.6 is 0 Å². The van der Waals surface area contributed by atoms with Crippen LogP contribution in [0.5, 0.6) is 0 Å². The highest BCUT2D eigenvalue weighted by atomic mass is 19.4. The van der Waals surface area contributed by atoms with Gasteiger partial charge >= 0.3 is 6.18 Å². The fraction of sp³-hybridized carbons (Fsp3) is 0.778. The summed E-state index contributed by atoms with van der Waals surface area (Å²) in [5.74, 6) is 0.285. The predicted molar refractivity (Wildman–Crippen MR) is 51.8 cm³/mol. The lowest BCUT2D eigenvalue weighted by Crippen LogP contribution is -2.17. The van der Waals surface area contributed by atoms with E-state index >= 15 is 0 Å². The van der Waals surface area contributed by atoms with Crippen molar-refractivity contribution < 1.29 is 22.4 Å². The zero-order valence-electron chi connectivity index (χ0n) is 9.33. The summed E-state index contributed by atoms with van der Waals surface area (Å²) in [5.41, 5.74) is 5.70. The van der Waals surface area contributed by atoms with Crippen LogP contribution in [-0.2, 0) is 11.3 Å². The molecule has 0 aromatic carbocycles. The van der Waals surface area contributed by atoms with Crippen LogP contribution in [0.4, 0.5) is 13.2 Å². The number of aromatic nitrogens is 2. The van der Waals surface area contributed by atoms with E-state index in [1.807, 2.05) is 6.92 Å². The number of nitrogens with zero attached hydrogens (tertiary/aromatic N) is 2.